The zero-order valence-corrected chi connectivity index (χ0v) is 9.28. The lowest BCUT2D eigenvalue weighted by Gasteiger charge is -2.03. The van der Waals surface area contributed by atoms with Gasteiger partial charge in [-0.1, -0.05) is 0 Å². The summed E-state index contributed by atoms with van der Waals surface area (Å²) in [6.45, 7) is 1.82. The van der Waals surface area contributed by atoms with Crippen LogP contribution in [0, 0.1) is 6.92 Å². The third kappa shape index (κ3) is 2.39. The second-order valence-electron chi connectivity index (χ2n) is 3.38. The van der Waals surface area contributed by atoms with Gasteiger partial charge in [0.05, 0.1) is 5.69 Å². The summed E-state index contributed by atoms with van der Waals surface area (Å²) in [7, 11) is 1.71. The standard InChI is InChI=1S/C10H10N4O3/c1-6-5-8(14(2)13-6)17-10-11-4-3-7(12-10)9(15)16/h3-5H,1-2H3,(H,15,16). The maximum atomic E-state index is 10.7. The molecular weight excluding hydrogens is 224 g/mol. The Labute approximate surface area is 96.7 Å². The number of aromatic carboxylic acids is 1. The van der Waals surface area contributed by atoms with Crippen LogP contribution in [0.5, 0.6) is 11.9 Å². The highest BCUT2D eigenvalue weighted by Gasteiger charge is 2.10. The molecule has 7 nitrogen and oxygen atoms in total. The molecule has 17 heavy (non-hydrogen) atoms. The number of hydrogen-bond donors (Lipinski definition) is 1. The van der Waals surface area contributed by atoms with Crippen molar-refractivity contribution in [2.75, 3.05) is 0 Å². The van der Waals surface area contributed by atoms with E-state index in [1.165, 1.54) is 16.9 Å². The molecule has 2 heterocycles. The number of aryl methyl sites for hydroxylation is 2. The van der Waals surface area contributed by atoms with E-state index in [4.69, 9.17) is 9.84 Å². The van der Waals surface area contributed by atoms with Crippen molar-refractivity contribution in [2.24, 2.45) is 7.05 Å². The number of hydrogen-bond acceptors (Lipinski definition) is 5. The molecule has 0 aliphatic rings. The first-order valence-corrected chi connectivity index (χ1v) is 4.81. The van der Waals surface area contributed by atoms with Crippen molar-refractivity contribution >= 4 is 5.97 Å². The fraction of sp³-hybridized carbons (Fsp3) is 0.200. The molecule has 0 radical (unpaired) electrons. The minimum Gasteiger partial charge on any atom is -0.477 e. The van der Waals surface area contributed by atoms with Crippen molar-refractivity contribution in [3.63, 3.8) is 0 Å². The molecule has 7 heteroatoms. The highest BCUT2D eigenvalue weighted by molar-refractivity contribution is 5.85. The molecule has 0 atom stereocenters. The smallest absolute Gasteiger partial charge is 0.354 e. The average molecular weight is 234 g/mol. The lowest BCUT2D eigenvalue weighted by atomic mass is 10.4. The quantitative estimate of drug-likeness (QED) is 0.852. The third-order valence-corrected chi connectivity index (χ3v) is 2.01. The van der Waals surface area contributed by atoms with Gasteiger partial charge >= 0.3 is 12.0 Å². The molecule has 0 bridgehead atoms. The van der Waals surface area contributed by atoms with Crippen molar-refractivity contribution in [2.45, 2.75) is 6.92 Å². The summed E-state index contributed by atoms with van der Waals surface area (Å²) >= 11 is 0. The van der Waals surface area contributed by atoms with Gasteiger partial charge in [0, 0.05) is 19.3 Å². The van der Waals surface area contributed by atoms with Crippen LogP contribution in [0.4, 0.5) is 0 Å². The molecule has 88 valence electrons. The molecule has 2 aromatic heterocycles. The minimum absolute atomic E-state index is 0.0205. The summed E-state index contributed by atoms with van der Waals surface area (Å²) in [5, 5.41) is 12.9. The van der Waals surface area contributed by atoms with E-state index in [1.54, 1.807) is 13.1 Å². The van der Waals surface area contributed by atoms with E-state index < -0.39 is 5.97 Å². The van der Waals surface area contributed by atoms with Crippen LogP contribution in [0.1, 0.15) is 16.2 Å². The predicted octanol–water partition coefficient (Wildman–Crippen LogP) is 1.01. The Kier molecular flexibility index (Phi) is 2.73. The molecule has 0 aliphatic carbocycles. The average Bonchev–Trinajstić information content (AvgIpc) is 2.58. The van der Waals surface area contributed by atoms with E-state index in [0.717, 1.165) is 5.69 Å². The molecule has 0 aliphatic heterocycles. The second kappa shape index (κ2) is 4.20. The summed E-state index contributed by atoms with van der Waals surface area (Å²) in [4.78, 5) is 18.3. The van der Waals surface area contributed by atoms with E-state index in [0.29, 0.717) is 5.88 Å². The van der Waals surface area contributed by atoms with Gasteiger partial charge in [0.1, 0.15) is 0 Å². The fourth-order valence-electron chi connectivity index (χ4n) is 1.29. The molecule has 0 saturated carbocycles. The summed E-state index contributed by atoms with van der Waals surface area (Å²) in [5.41, 5.74) is 0.672. The van der Waals surface area contributed by atoms with Crippen LogP contribution < -0.4 is 4.74 Å². The van der Waals surface area contributed by atoms with E-state index in [1.807, 2.05) is 6.92 Å². The van der Waals surface area contributed by atoms with E-state index in [2.05, 4.69) is 15.1 Å². The number of carbonyl (C=O) groups is 1. The number of carboxylic acids is 1. The molecule has 2 rings (SSSR count). The maximum absolute atomic E-state index is 10.7. The van der Waals surface area contributed by atoms with Crippen molar-refractivity contribution in [1.29, 1.82) is 0 Å². The largest absolute Gasteiger partial charge is 0.477 e. The number of nitrogens with zero attached hydrogens (tertiary/aromatic N) is 4. The van der Waals surface area contributed by atoms with Crippen LogP contribution in [-0.2, 0) is 7.05 Å². The first-order chi connectivity index (χ1) is 8.06. The molecule has 0 spiro atoms. The number of rotatable bonds is 3. The number of aromatic nitrogens is 4. The van der Waals surface area contributed by atoms with Crippen LogP contribution in [0.15, 0.2) is 18.3 Å². The maximum Gasteiger partial charge on any atom is 0.354 e. The van der Waals surface area contributed by atoms with Gasteiger partial charge in [-0.15, -0.1) is 0 Å². The molecule has 0 unspecified atom stereocenters. The molecule has 0 amide bonds. The summed E-state index contributed by atoms with van der Waals surface area (Å²) in [6.07, 6.45) is 1.33. The Morgan fingerprint density at radius 1 is 1.53 bits per heavy atom. The molecule has 0 saturated heterocycles. The highest BCUT2D eigenvalue weighted by Crippen LogP contribution is 2.17. The monoisotopic (exact) mass is 234 g/mol. The SMILES string of the molecule is Cc1cc(Oc2nccc(C(=O)O)n2)n(C)n1. The van der Waals surface area contributed by atoms with Crippen molar-refractivity contribution in [3.05, 3.63) is 29.7 Å². The Balaban J connectivity index is 2.27. The third-order valence-electron chi connectivity index (χ3n) is 2.01. The lowest BCUT2D eigenvalue weighted by Crippen LogP contribution is -2.03. The Hall–Kier alpha value is -2.44. The Morgan fingerprint density at radius 3 is 2.88 bits per heavy atom. The topological polar surface area (TPSA) is 90.1 Å². The van der Waals surface area contributed by atoms with E-state index in [-0.39, 0.29) is 11.7 Å². The van der Waals surface area contributed by atoms with Gasteiger partial charge in [0.15, 0.2) is 5.69 Å². The summed E-state index contributed by atoms with van der Waals surface area (Å²) in [6, 6.07) is 2.98. The van der Waals surface area contributed by atoms with Gasteiger partial charge in [0.25, 0.3) is 0 Å². The molecule has 0 aromatic carbocycles. The molecular formula is C10H10N4O3. The van der Waals surface area contributed by atoms with Crippen LogP contribution in [0.3, 0.4) is 0 Å². The number of ether oxygens (including phenoxy) is 1. The normalized spacial score (nSPS) is 10.2. The van der Waals surface area contributed by atoms with E-state index >= 15 is 0 Å². The van der Waals surface area contributed by atoms with Gasteiger partial charge in [-0.3, -0.25) is 0 Å². The molecule has 0 fully saturated rings. The van der Waals surface area contributed by atoms with Crippen molar-refractivity contribution < 1.29 is 14.6 Å². The predicted molar refractivity (Wildman–Crippen MR) is 57.0 cm³/mol. The van der Waals surface area contributed by atoms with Crippen LogP contribution in [0.25, 0.3) is 0 Å². The zero-order chi connectivity index (χ0) is 12.4. The summed E-state index contributed by atoms with van der Waals surface area (Å²) in [5.74, 6) is -0.677. The fourth-order valence-corrected chi connectivity index (χ4v) is 1.29. The zero-order valence-electron chi connectivity index (χ0n) is 9.28. The van der Waals surface area contributed by atoms with E-state index in [9.17, 15) is 4.79 Å². The minimum atomic E-state index is -1.13. The van der Waals surface area contributed by atoms with Gasteiger partial charge in [-0.25, -0.2) is 14.5 Å². The number of carboxylic acid groups (broad SMARTS) is 1. The second-order valence-corrected chi connectivity index (χ2v) is 3.38. The van der Waals surface area contributed by atoms with Gasteiger partial charge in [-0.05, 0) is 13.0 Å². The lowest BCUT2D eigenvalue weighted by molar-refractivity contribution is 0.0689. The Morgan fingerprint density at radius 2 is 2.29 bits per heavy atom. The first-order valence-electron chi connectivity index (χ1n) is 4.81. The molecule has 1 N–H and O–H groups in total. The molecule has 2 aromatic rings. The summed E-state index contributed by atoms with van der Waals surface area (Å²) < 4.78 is 6.86. The van der Waals surface area contributed by atoms with Crippen LogP contribution in [0.2, 0.25) is 0 Å². The van der Waals surface area contributed by atoms with Crippen molar-refractivity contribution in [1.82, 2.24) is 19.7 Å². The first kappa shape index (κ1) is 11.1. The van der Waals surface area contributed by atoms with Crippen molar-refractivity contribution in [3.8, 4) is 11.9 Å². The van der Waals surface area contributed by atoms with Gasteiger partial charge < -0.3 is 9.84 Å². The van der Waals surface area contributed by atoms with Crippen LogP contribution >= 0.6 is 0 Å². The van der Waals surface area contributed by atoms with Crippen LogP contribution in [-0.4, -0.2) is 30.8 Å². The Bertz CT molecular complexity index is 564. The van der Waals surface area contributed by atoms with Gasteiger partial charge in [-0.2, -0.15) is 10.1 Å². The highest BCUT2D eigenvalue weighted by atomic mass is 16.5. The van der Waals surface area contributed by atoms with Gasteiger partial charge in [0.2, 0.25) is 5.88 Å².